The van der Waals surface area contributed by atoms with Crippen LogP contribution in [-0.4, -0.2) is 110 Å². The number of hydrogen-bond donors (Lipinski definition) is 8. The molecule has 9 atom stereocenters. The minimum Gasteiger partial charge on any atom is -0.394 e. The summed E-state index contributed by atoms with van der Waals surface area (Å²) in [4.78, 5) is 13.1. The second-order valence-electron chi connectivity index (χ2n) is 16.1. The van der Waals surface area contributed by atoms with Crippen LogP contribution in [0, 0.1) is 0 Å². The zero-order chi connectivity index (χ0) is 41.9. The van der Waals surface area contributed by atoms with Gasteiger partial charge in [-0.05, 0) is 57.8 Å². The summed E-state index contributed by atoms with van der Waals surface area (Å²) in [6.07, 6.45) is 29.1. The highest BCUT2D eigenvalue weighted by Gasteiger charge is 2.44. The Kier molecular flexibility index (Phi) is 33.9. The quantitative estimate of drug-likeness (QED) is 0.0235. The van der Waals surface area contributed by atoms with Gasteiger partial charge in [-0.15, -0.1) is 0 Å². The van der Waals surface area contributed by atoms with Crippen molar-refractivity contribution in [1.29, 1.82) is 0 Å². The average molecular weight is 812 g/mol. The van der Waals surface area contributed by atoms with Crippen LogP contribution in [0.15, 0.2) is 36.5 Å². The van der Waals surface area contributed by atoms with E-state index in [9.17, 15) is 40.5 Å². The highest BCUT2D eigenvalue weighted by atomic mass is 16.7. The molecular formula is C46H85NO10. The van der Waals surface area contributed by atoms with Crippen molar-refractivity contribution in [3.05, 3.63) is 36.5 Å². The molecule has 0 bridgehead atoms. The van der Waals surface area contributed by atoms with Crippen molar-refractivity contribution in [3.63, 3.8) is 0 Å². The van der Waals surface area contributed by atoms with Gasteiger partial charge in [0, 0.05) is 0 Å². The number of aliphatic hydroxyl groups excluding tert-OH is 7. The summed E-state index contributed by atoms with van der Waals surface area (Å²) in [5, 5.41) is 75.5. The van der Waals surface area contributed by atoms with Gasteiger partial charge in [0.15, 0.2) is 6.29 Å². The third-order valence-electron chi connectivity index (χ3n) is 10.9. The number of carbonyl (C=O) groups excluding carboxylic acids is 1. The number of amides is 1. The van der Waals surface area contributed by atoms with Crippen LogP contribution >= 0.6 is 0 Å². The molecule has 9 unspecified atom stereocenters. The molecule has 1 aliphatic heterocycles. The topological polar surface area (TPSA) is 189 Å². The van der Waals surface area contributed by atoms with Crippen LogP contribution in [-0.2, 0) is 14.3 Å². The zero-order valence-corrected chi connectivity index (χ0v) is 35.8. The molecule has 1 heterocycles. The van der Waals surface area contributed by atoms with Crippen molar-refractivity contribution in [2.45, 2.75) is 236 Å². The molecule has 11 heteroatoms. The summed E-state index contributed by atoms with van der Waals surface area (Å²) in [5.41, 5.74) is 0. The van der Waals surface area contributed by atoms with Gasteiger partial charge in [-0.3, -0.25) is 4.79 Å². The van der Waals surface area contributed by atoms with Crippen molar-refractivity contribution < 1.29 is 50.0 Å². The first kappa shape index (κ1) is 53.3. The average Bonchev–Trinajstić information content (AvgIpc) is 3.21. The lowest BCUT2D eigenvalue weighted by Crippen LogP contribution is -2.60. The minimum absolute atomic E-state index is 0.241. The second kappa shape index (κ2) is 36.2. The monoisotopic (exact) mass is 812 g/mol. The Labute approximate surface area is 346 Å². The fraction of sp³-hybridized carbons (Fsp3) is 0.848. The van der Waals surface area contributed by atoms with Gasteiger partial charge in [0.1, 0.15) is 36.6 Å². The molecule has 11 nitrogen and oxygen atoms in total. The molecule has 8 N–H and O–H groups in total. The molecule has 57 heavy (non-hydrogen) atoms. The molecule has 0 aromatic carbocycles. The van der Waals surface area contributed by atoms with Crippen LogP contribution in [0.2, 0.25) is 0 Å². The molecule has 1 aliphatic rings. The van der Waals surface area contributed by atoms with E-state index in [-0.39, 0.29) is 12.8 Å². The Morgan fingerprint density at radius 1 is 0.596 bits per heavy atom. The molecule has 1 fully saturated rings. The van der Waals surface area contributed by atoms with E-state index >= 15 is 0 Å². The van der Waals surface area contributed by atoms with Gasteiger partial charge in [0.05, 0.1) is 25.4 Å². The van der Waals surface area contributed by atoms with E-state index in [1.807, 2.05) is 0 Å². The largest absolute Gasteiger partial charge is 0.394 e. The summed E-state index contributed by atoms with van der Waals surface area (Å²) >= 11 is 0. The van der Waals surface area contributed by atoms with Gasteiger partial charge in [0.2, 0.25) is 5.91 Å². The standard InChI is InChI=1S/C46H85NO10/c1-3-5-7-9-11-13-15-17-19-20-22-24-26-28-30-32-34-39(50)45(55)47-37(36-56-46-44(54)43(53)42(52)40(35-48)57-46)41(51)38(49)33-31-29-27-25-23-21-18-16-14-12-10-8-6-4-2/h8,10,16,18,25,27,37-44,46,48-54H,3-7,9,11-15,17,19-24,26,28-36H2,1-2H3,(H,47,55)/b10-8+,18-16+,27-25+. The highest BCUT2D eigenvalue weighted by molar-refractivity contribution is 5.80. The predicted octanol–water partition coefficient (Wildman–Crippen LogP) is 7.22. The Morgan fingerprint density at radius 2 is 1.07 bits per heavy atom. The molecule has 0 spiro atoms. The van der Waals surface area contributed by atoms with Crippen molar-refractivity contribution >= 4 is 5.91 Å². The number of ether oxygens (including phenoxy) is 2. The lowest BCUT2D eigenvalue weighted by molar-refractivity contribution is -0.303. The third kappa shape index (κ3) is 26.2. The maximum absolute atomic E-state index is 13.1. The van der Waals surface area contributed by atoms with Crippen molar-refractivity contribution in [3.8, 4) is 0 Å². The Balaban J connectivity index is 2.49. The molecule has 0 aliphatic carbocycles. The smallest absolute Gasteiger partial charge is 0.249 e. The molecule has 0 radical (unpaired) electrons. The molecule has 1 saturated heterocycles. The Hall–Kier alpha value is -1.67. The van der Waals surface area contributed by atoms with E-state index in [0.717, 1.165) is 51.4 Å². The first-order valence-corrected chi connectivity index (χ1v) is 22.9. The minimum atomic E-state index is -1.67. The maximum atomic E-state index is 13.1. The van der Waals surface area contributed by atoms with Crippen molar-refractivity contribution in [1.82, 2.24) is 5.32 Å². The molecule has 334 valence electrons. The summed E-state index contributed by atoms with van der Waals surface area (Å²) in [6.45, 7) is 3.34. The second-order valence-corrected chi connectivity index (χ2v) is 16.1. The van der Waals surface area contributed by atoms with E-state index in [1.54, 1.807) is 0 Å². The number of allylic oxidation sites excluding steroid dienone is 6. The third-order valence-corrected chi connectivity index (χ3v) is 10.9. The van der Waals surface area contributed by atoms with E-state index in [0.29, 0.717) is 19.3 Å². The Bertz CT molecular complexity index is 1020. The lowest BCUT2D eigenvalue weighted by atomic mass is 9.98. The summed E-state index contributed by atoms with van der Waals surface area (Å²) in [6, 6.07) is -1.19. The molecule has 1 rings (SSSR count). The van der Waals surface area contributed by atoms with Crippen LogP contribution in [0.5, 0.6) is 0 Å². The van der Waals surface area contributed by atoms with E-state index in [2.05, 4.69) is 55.6 Å². The normalized spacial score (nSPS) is 22.4. The lowest BCUT2D eigenvalue weighted by Gasteiger charge is -2.40. The number of rotatable bonds is 37. The van der Waals surface area contributed by atoms with Crippen LogP contribution in [0.25, 0.3) is 0 Å². The van der Waals surface area contributed by atoms with Gasteiger partial charge in [-0.2, -0.15) is 0 Å². The van der Waals surface area contributed by atoms with Gasteiger partial charge in [-0.1, -0.05) is 159 Å². The number of aliphatic hydroxyl groups is 7. The van der Waals surface area contributed by atoms with E-state index < -0.39 is 74.2 Å². The SMILES string of the molecule is CCC/C=C/CC/C=C/CC/C=C/CCCC(O)C(O)C(COC1OC(CO)C(O)C(O)C1O)NC(=O)C(O)CCCCCCCCCCCCCCCCCC. The van der Waals surface area contributed by atoms with Gasteiger partial charge in [-0.25, -0.2) is 0 Å². The number of carbonyl (C=O) groups is 1. The number of nitrogens with one attached hydrogen (secondary N) is 1. The number of unbranched alkanes of at least 4 members (excludes halogenated alkanes) is 19. The predicted molar refractivity (Wildman–Crippen MR) is 228 cm³/mol. The summed E-state index contributed by atoms with van der Waals surface area (Å²) < 4.78 is 11.1. The summed E-state index contributed by atoms with van der Waals surface area (Å²) in [5.74, 6) is -0.713. The first-order chi connectivity index (χ1) is 27.7. The van der Waals surface area contributed by atoms with Crippen LogP contribution in [0.3, 0.4) is 0 Å². The molecular weight excluding hydrogens is 727 g/mol. The van der Waals surface area contributed by atoms with Gasteiger partial charge >= 0.3 is 0 Å². The molecule has 0 aromatic heterocycles. The van der Waals surface area contributed by atoms with Crippen LogP contribution in [0.4, 0.5) is 0 Å². The first-order valence-electron chi connectivity index (χ1n) is 22.9. The molecule has 0 saturated carbocycles. The summed E-state index contributed by atoms with van der Waals surface area (Å²) in [7, 11) is 0. The molecule has 1 amide bonds. The zero-order valence-electron chi connectivity index (χ0n) is 35.8. The fourth-order valence-corrected chi connectivity index (χ4v) is 7.07. The Morgan fingerprint density at radius 3 is 1.56 bits per heavy atom. The van der Waals surface area contributed by atoms with Crippen LogP contribution in [0.1, 0.15) is 181 Å². The van der Waals surface area contributed by atoms with Gasteiger partial charge in [0.25, 0.3) is 0 Å². The van der Waals surface area contributed by atoms with Crippen molar-refractivity contribution in [2.75, 3.05) is 13.2 Å². The van der Waals surface area contributed by atoms with E-state index in [1.165, 1.54) is 83.5 Å². The van der Waals surface area contributed by atoms with Crippen LogP contribution < -0.4 is 5.32 Å². The highest BCUT2D eigenvalue weighted by Crippen LogP contribution is 2.23. The van der Waals surface area contributed by atoms with Crippen molar-refractivity contribution in [2.24, 2.45) is 0 Å². The van der Waals surface area contributed by atoms with E-state index in [4.69, 9.17) is 9.47 Å². The number of hydrogen-bond acceptors (Lipinski definition) is 10. The maximum Gasteiger partial charge on any atom is 0.249 e. The molecule has 0 aromatic rings. The van der Waals surface area contributed by atoms with Gasteiger partial charge < -0.3 is 50.5 Å². The fourth-order valence-electron chi connectivity index (χ4n) is 7.07.